The first-order chi connectivity index (χ1) is 4.20. The molecule has 1 rings (SSSR count). The van der Waals surface area contributed by atoms with Crippen molar-refractivity contribution in [1.82, 2.24) is 0 Å². The van der Waals surface area contributed by atoms with Crippen molar-refractivity contribution in [3.8, 4) is 0 Å². The minimum atomic E-state index is -1.14. The van der Waals surface area contributed by atoms with Gasteiger partial charge in [-0.3, -0.25) is 0 Å². The Bertz CT molecular complexity index is 158. The molecule has 0 spiro atoms. The zero-order valence-electron chi connectivity index (χ0n) is 5.14. The summed E-state index contributed by atoms with van der Waals surface area (Å²) in [7, 11) is 0. The average molecular weight is 130 g/mol. The van der Waals surface area contributed by atoms with Gasteiger partial charge in [0.1, 0.15) is 12.0 Å². The first kappa shape index (κ1) is 6.46. The van der Waals surface area contributed by atoms with E-state index < -0.39 is 12.0 Å². The van der Waals surface area contributed by atoms with Gasteiger partial charge in [0, 0.05) is 5.92 Å². The summed E-state index contributed by atoms with van der Waals surface area (Å²) >= 11 is 0. The zero-order valence-corrected chi connectivity index (χ0v) is 5.14. The van der Waals surface area contributed by atoms with Crippen LogP contribution in [-0.2, 0) is 0 Å². The normalized spacial score (nSPS) is 34.3. The van der Waals surface area contributed by atoms with Crippen LogP contribution in [0.4, 0.5) is 8.78 Å². The molecule has 0 nitrogen and oxygen atoms in total. The number of allylic oxidation sites excluding steroid dienone is 4. The third-order valence-electron chi connectivity index (χ3n) is 1.38. The second-order valence-electron chi connectivity index (χ2n) is 2.21. The minimum absolute atomic E-state index is 0.176. The molecule has 50 valence electrons. The highest BCUT2D eigenvalue weighted by atomic mass is 19.1. The molecule has 0 N–H and O–H groups in total. The lowest BCUT2D eigenvalue weighted by Crippen LogP contribution is -2.09. The van der Waals surface area contributed by atoms with Crippen molar-refractivity contribution in [2.24, 2.45) is 5.92 Å². The molecule has 0 aromatic rings. The summed E-state index contributed by atoms with van der Waals surface area (Å²) in [6.07, 6.45) is 2.67. The largest absolute Gasteiger partial charge is 0.242 e. The molecule has 0 bridgehead atoms. The summed E-state index contributed by atoms with van der Waals surface area (Å²) < 4.78 is 24.6. The van der Waals surface area contributed by atoms with E-state index in [1.807, 2.05) is 0 Å². The molecule has 0 aromatic heterocycles. The number of hydrogen-bond acceptors (Lipinski definition) is 0. The second-order valence-corrected chi connectivity index (χ2v) is 2.21. The van der Waals surface area contributed by atoms with Crippen molar-refractivity contribution < 1.29 is 8.78 Å². The van der Waals surface area contributed by atoms with Gasteiger partial charge in [0.25, 0.3) is 0 Å². The zero-order chi connectivity index (χ0) is 6.85. The Morgan fingerprint density at radius 1 is 1.56 bits per heavy atom. The standard InChI is InChI=1S/C7H8F2/c1-5-2-3-6(8)4-7(5)9/h2-5,7H,1H3. The second kappa shape index (κ2) is 2.29. The summed E-state index contributed by atoms with van der Waals surface area (Å²) in [5.41, 5.74) is 0. The number of hydrogen-bond donors (Lipinski definition) is 0. The fourth-order valence-corrected chi connectivity index (χ4v) is 0.709. The SMILES string of the molecule is CC1C=CC(F)=CC1F. The fraction of sp³-hybridized carbons (Fsp3) is 0.429. The van der Waals surface area contributed by atoms with Crippen molar-refractivity contribution in [3.63, 3.8) is 0 Å². The highest BCUT2D eigenvalue weighted by Gasteiger charge is 2.14. The van der Waals surface area contributed by atoms with E-state index in [1.165, 1.54) is 12.2 Å². The highest BCUT2D eigenvalue weighted by Crippen LogP contribution is 2.19. The lowest BCUT2D eigenvalue weighted by Gasteiger charge is -2.11. The maximum absolute atomic E-state index is 12.5. The molecule has 0 radical (unpaired) electrons. The van der Waals surface area contributed by atoms with E-state index >= 15 is 0 Å². The summed E-state index contributed by atoms with van der Waals surface area (Å²) in [6.45, 7) is 1.71. The molecule has 2 unspecified atom stereocenters. The molecule has 0 saturated heterocycles. The van der Waals surface area contributed by atoms with E-state index in [1.54, 1.807) is 6.92 Å². The Hall–Kier alpha value is -0.660. The van der Waals surface area contributed by atoms with Crippen LogP contribution in [0.25, 0.3) is 0 Å². The lowest BCUT2D eigenvalue weighted by molar-refractivity contribution is 0.327. The molecule has 2 heteroatoms. The Labute approximate surface area is 52.9 Å². The Morgan fingerprint density at radius 2 is 2.22 bits per heavy atom. The summed E-state index contributed by atoms with van der Waals surface area (Å²) in [4.78, 5) is 0. The number of alkyl halides is 1. The Kier molecular flexibility index (Phi) is 1.65. The predicted molar refractivity (Wildman–Crippen MR) is 32.4 cm³/mol. The van der Waals surface area contributed by atoms with Crippen molar-refractivity contribution in [2.45, 2.75) is 13.1 Å². The molecule has 0 aromatic carbocycles. The van der Waals surface area contributed by atoms with Crippen LogP contribution < -0.4 is 0 Å². The van der Waals surface area contributed by atoms with Gasteiger partial charge in [0.05, 0.1) is 0 Å². The van der Waals surface area contributed by atoms with Crippen molar-refractivity contribution in [2.75, 3.05) is 0 Å². The van der Waals surface area contributed by atoms with Crippen LogP contribution in [0, 0.1) is 5.92 Å². The topological polar surface area (TPSA) is 0 Å². The smallest absolute Gasteiger partial charge is 0.127 e. The predicted octanol–water partition coefficient (Wildman–Crippen LogP) is 2.38. The average Bonchev–Trinajstić information content (AvgIpc) is 1.80. The van der Waals surface area contributed by atoms with Gasteiger partial charge in [0.2, 0.25) is 0 Å². The Balaban J connectivity index is 2.70. The fourth-order valence-electron chi connectivity index (χ4n) is 0.709. The van der Waals surface area contributed by atoms with E-state index in [2.05, 4.69) is 0 Å². The van der Waals surface area contributed by atoms with Gasteiger partial charge >= 0.3 is 0 Å². The van der Waals surface area contributed by atoms with Gasteiger partial charge in [-0.05, 0) is 12.2 Å². The minimum Gasteiger partial charge on any atom is -0.242 e. The number of rotatable bonds is 0. The molecular formula is C7H8F2. The summed E-state index contributed by atoms with van der Waals surface area (Å²) in [5.74, 6) is -0.648. The molecular weight excluding hydrogens is 122 g/mol. The highest BCUT2D eigenvalue weighted by molar-refractivity contribution is 5.20. The van der Waals surface area contributed by atoms with Crippen LogP contribution >= 0.6 is 0 Å². The van der Waals surface area contributed by atoms with Gasteiger partial charge in [-0.2, -0.15) is 0 Å². The molecule has 2 atom stereocenters. The van der Waals surface area contributed by atoms with E-state index in [0.717, 1.165) is 6.08 Å². The van der Waals surface area contributed by atoms with Gasteiger partial charge in [0.15, 0.2) is 0 Å². The first-order valence-corrected chi connectivity index (χ1v) is 2.90. The van der Waals surface area contributed by atoms with E-state index in [0.29, 0.717) is 0 Å². The molecule has 0 aliphatic heterocycles. The number of halogens is 2. The van der Waals surface area contributed by atoms with E-state index in [4.69, 9.17) is 0 Å². The van der Waals surface area contributed by atoms with Crippen LogP contribution in [-0.4, -0.2) is 6.17 Å². The van der Waals surface area contributed by atoms with Gasteiger partial charge in [-0.15, -0.1) is 0 Å². The third kappa shape index (κ3) is 1.37. The Morgan fingerprint density at radius 3 is 2.67 bits per heavy atom. The van der Waals surface area contributed by atoms with Crippen molar-refractivity contribution in [1.29, 1.82) is 0 Å². The molecule has 1 aliphatic rings. The van der Waals surface area contributed by atoms with Gasteiger partial charge in [-0.25, -0.2) is 8.78 Å². The van der Waals surface area contributed by atoms with Crippen LogP contribution in [0.2, 0.25) is 0 Å². The van der Waals surface area contributed by atoms with Crippen LogP contribution in [0.15, 0.2) is 24.1 Å². The quantitative estimate of drug-likeness (QED) is 0.472. The van der Waals surface area contributed by atoms with Crippen molar-refractivity contribution in [3.05, 3.63) is 24.1 Å². The molecule has 0 saturated carbocycles. The lowest BCUT2D eigenvalue weighted by atomic mass is 10.0. The maximum atomic E-state index is 12.5. The third-order valence-corrected chi connectivity index (χ3v) is 1.38. The van der Waals surface area contributed by atoms with Crippen LogP contribution in [0.1, 0.15) is 6.92 Å². The van der Waals surface area contributed by atoms with Crippen LogP contribution in [0.3, 0.4) is 0 Å². The first-order valence-electron chi connectivity index (χ1n) is 2.90. The molecule has 0 heterocycles. The maximum Gasteiger partial charge on any atom is 0.127 e. The van der Waals surface area contributed by atoms with E-state index in [9.17, 15) is 8.78 Å². The van der Waals surface area contributed by atoms with Crippen LogP contribution in [0.5, 0.6) is 0 Å². The van der Waals surface area contributed by atoms with Crippen molar-refractivity contribution >= 4 is 0 Å². The molecule has 9 heavy (non-hydrogen) atoms. The van der Waals surface area contributed by atoms with Gasteiger partial charge < -0.3 is 0 Å². The van der Waals surface area contributed by atoms with E-state index in [-0.39, 0.29) is 5.92 Å². The molecule has 0 amide bonds. The summed E-state index contributed by atoms with van der Waals surface area (Å²) in [5, 5.41) is 0. The van der Waals surface area contributed by atoms with Gasteiger partial charge in [-0.1, -0.05) is 13.0 Å². The molecule has 0 fully saturated rings. The molecule has 1 aliphatic carbocycles. The monoisotopic (exact) mass is 130 g/mol. The summed E-state index contributed by atoms with van der Waals surface area (Å²) in [6, 6.07) is 0.